The van der Waals surface area contributed by atoms with Gasteiger partial charge in [0.25, 0.3) is 0 Å². The van der Waals surface area contributed by atoms with E-state index in [1.54, 1.807) is 0 Å². The molecule has 0 aliphatic heterocycles. The van der Waals surface area contributed by atoms with Gasteiger partial charge in [-0.15, -0.1) is 0 Å². The topological polar surface area (TPSA) is 56.7 Å². The van der Waals surface area contributed by atoms with Gasteiger partial charge in [0.15, 0.2) is 11.6 Å². The van der Waals surface area contributed by atoms with Crippen molar-refractivity contribution < 1.29 is 4.42 Å². The van der Waals surface area contributed by atoms with Gasteiger partial charge in [0.2, 0.25) is 5.95 Å². The minimum absolute atomic E-state index is 0.552. The van der Waals surface area contributed by atoms with Crippen molar-refractivity contribution in [2.45, 2.75) is 0 Å². The van der Waals surface area contributed by atoms with Crippen LogP contribution in [0.1, 0.15) is 0 Å². The molecule has 0 radical (unpaired) electrons. The van der Waals surface area contributed by atoms with Gasteiger partial charge in [-0.3, -0.25) is 4.57 Å². The molecule has 3 heterocycles. The van der Waals surface area contributed by atoms with Crippen molar-refractivity contribution in [3.63, 3.8) is 0 Å². The van der Waals surface area contributed by atoms with Crippen LogP contribution in [0.15, 0.2) is 186 Å². The second-order valence-corrected chi connectivity index (χ2v) is 14.4. The zero-order valence-electron chi connectivity index (χ0n) is 30.0. The van der Waals surface area contributed by atoms with Crippen molar-refractivity contribution in [1.82, 2.24) is 19.5 Å². The lowest BCUT2D eigenvalue weighted by atomic mass is 9.97. The van der Waals surface area contributed by atoms with E-state index in [4.69, 9.17) is 19.4 Å². The molecule has 0 spiro atoms. The number of para-hydroxylation sites is 2. The van der Waals surface area contributed by atoms with Crippen LogP contribution in [-0.2, 0) is 0 Å². The number of benzene rings is 9. The smallest absolute Gasteiger partial charge is 0.238 e. The highest BCUT2D eigenvalue weighted by atomic mass is 16.3. The molecule has 5 nitrogen and oxygen atoms in total. The summed E-state index contributed by atoms with van der Waals surface area (Å²) >= 11 is 0. The maximum atomic E-state index is 6.62. The van der Waals surface area contributed by atoms with Crippen LogP contribution in [-0.4, -0.2) is 19.5 Å². The third kappa shape index (κ3) is 4.64. The molecule has 0 saturated heterocycles. The summed E-state index contributed by atoms with van der Waals surface area (Å²) in [5, 5.41) is 11.1. The van der Waals surface area contributed by atoms with Crippen molar-refractivity contribution >= 4 is 76.1 Å². The van der Waals surface area contributed by atoms with Gasteiger partial charge in [-0.2, -0.15) is 9.97 Å². The fourth-order valence-corrected chi connectivity index (χ4v) is 8.62. The zero-order chi connectivity index (χ0) is 36.7. The van der Waals surface area contributed by atoms with Gasteiger partial charge in [-0.1, -0.05) is 146 Å². The predicted molar refractivity (Wildman–Crippen MR) is 230 cm³/mol. The van der Waals surface area contributed by atoms with Crippen LogP contribution in [0.3, 0.4) is 0 Å². The quantitative estimate of drug-likeness (QED) is 0.182. The molecule has 0 aliphatic carbocycles. The first-order chi connectivity index (χ1) is 27.7. The SMILES string of the molecule is c1cc(-c2nc(-c3cc4ccccc4c4oc5ccccc5c34)nc(-n3c4ccccc4c4cc5ccccc5cc43)n2)cc(-c2cccc3ccccc23)c1. The Morgan fingerprint density at radius 3 is 1.89 bits per heavy atom. The summed E-state index contributed by atoms with van der Waals surface area (Å²) in [6.45, 7) is 0. The van der Waals surface area contributed by atoms with E-state index in [2.05, 4.69) is 174 Å². The van der Waals surface area contributed by atoms with Crippen LogP contribution in [0.5, 0.6) is 0 Å². The molecular formula is C51H30N4O. The van der Waals surface area contributed by atoms with Crippen molar-refractivity contribution in [3.05, 3.63) is 182 Å². The molecule has 3 aromatic heterocycles. The zero-order valence-corrected chi connectivity index (χ0v) is 30.0. The first-order valence-electron chi connectivity index (χ1n) is 18.9. The maximum Gasteiger partial charge on any atom is 0.238 e. The summed E-state index contributed by atoms with van der Waals surface area (Å²) in [6.07, 6.45) is 0. The van der Waals surface area contributed by atoms with Crippen molar-refractivity contribution in [3.8, 4) is 39.9 Å². The van der Waals surface area contributed by atoms with E-state index in [0.717, 1.165) is 82.2 Å². The molecule has 12 rings (SSSR count). The molecule has 5 heteroatoms. The Kier molecular flexibility index (Phi) is 6.56. The highest BCUT2D eigenvalue weighted by molar-refractivity contribution is 6.21. The van der Waals surface area contributed by atoms with E-state index in [0.29, 0.717) is 17.6 Å². The summed E-state index contributed by atoms with van der Waals surface area (Å²) < 4.78 is 8.83. The van der Waals surface area contributed by atoms with E-state index in [-0.39, 0.29) is 0 Å². The second-order valence-electron chi connectivity index (χ2n) is 14.4. The number of rotatable bonds is 4. The van der Waals surface area contributed by atoms with E-state index in [1.165, 1.54) is 16.2 Å². The molecule has 12 aromatic rings. The molecule has 0 aliphatic rings. The molecule has 0 fully saturated rings. The van der Waals surface area contributed by atoms with E-state index >= 15 is 0 Å². The van der Waals surface area contributed by atoms with E-state index in [9.17, 15) is 0 Å². The number of furan rings is 1. The monoisotopic (exact) mass is 714 g/mol. The highest BCUT2D eigenvalue weighted by Gasteiger charge is 2.22. The van der Waals surface area contributed by atoms with Crippen molar-refractivity contribution in [2.75, 3.05) is 0 Å². The third-order valence-electron chi connectivity index (χ3n) is 11.2. The summed E-state index contributed by atoms with van der Waals surface area (Å²) in [6, 6.07) is 63.9. The second kappa shape index (κ2) is 11.9. The first kappa shape index (κ1) is 30.8. The Hall–Kier alpha value is -7.63. The van der Waals surface area contributed by atoms with Crippen molar-refractivity contribution in [1.29, 1.82) is 0 Å². The lowest BCUT2D eigenvalue weighted by Gasteiger charge is -2.13. The Bertz CT molecular complexity index is 3550. The lowest BCUT2D eigenvalue weighted by Crippen LogP contribution is -2.06. The summed E-state index contributed by atoms with van der Waals surface area (Å²) in [5.41, 5.74) is 7.77. The fourth-order valence-electron chi connectivity index (χ4n) is 8.62. The maximum absolute atomic E-state index is 6.62. The van der Waals surface area contributed by atoms with Crippen LogP contribution < -0.4 is 0 Å². The van der Waals surface area contributed by atoms with Gasteiger partial charge in [0.1, 0.15) is 11.2 Å². The molecule has 0 atom stereocenters. The molecule has 0 amide bonds. The van der Waals surface area contributed by atoms with E-state index < -0.39 is 0 Å². The van der Waals surface area contributed by atoms with Crippen LogP contribution >= 0.6 is 0 Å². The van der Waals surface area contributed by atoms with Gasteiger partial charge in [-0.05, 0) is 74.5 Å². The van der Waals surface area contributed by atoms with Crippen LogP contribution in [0.2, 0.25) is 0 Å². The van der Waals surface area contributed by atoms with Gasteiger partial charge < -0.3 is 4.42 Å². The molecule has 0 unspecified atom stereocenters. The number of hydrogen-bond acceptors (Lipinski definition) is 4. The summed E-state index contributed by atoms with van der Waals surface area (Å²) in [5.74, 6) is 1.72. The molecule has 0 bridgehead atoms. The average Bonchev–Trinajstić information content (AvgIpc) is 3.81. The van der Waals surface area contributed by atoms with Gasteiger partial charge >= 0.3 is 0 Å². The number of fused-ring (bicyclic) bond motifs is 10. The largest absolute Gasteiger partial charge is 0.455 e. The van der Waals surface area contributed by atoms with Crippen LogP contribution in [0.25, 0.3) is 116 Å². The molecule has 0 N–H and O–H groups in total. The standard InChI is InChI=1S/C51H30N4O/c1-2-15-33-30-45-42(28-32(33)14-1)40-22-7-9-25-44(40)55(45)51-53-49(36-19-11-18-34(27-36)38-24-12-17-31-13-3-5-20-37(31)38)52-50(54-51)43-29-35-16-4-6-21-39(35)48-47(43)41-23-8-10-26-46(41)56-48/h1-30H. The Labute approximate surface area is 320 Å². The molecule has 260 valence electrons. The fraction of sp³-hybridized carbons (Fsp3) is 0. The highest BCUT2D eigenvalue weighted by Crippen LogP contribution is 2.42. The van der Waals surface area contributed by atoms with Crippen LogP contribution in [0.4, 0.5) is 0 Å². The van der Waals surface area contributed by atoms with Gasteiger partial charge in [0.05, 0.1) is 11.0 Å². The Morgan fingerprint density at radius 2 is 1.02 bits per heavy atom. The predicted octanol–water partition coefficient (Wildman–Crippen LogP) is 13.3. The summed E-state index contributed by atoms with van der Waals surface area (Å²) in [7, 11) is 0. The van der Waals surface area contributed by atoms with Crippen LogP contribution in [0, 0.1) is 0 Å². The normalized spacial score (nSPS) is 11.9. The minimum atomic E-state index is 0.552. The summed E-state index contributed by atoms with van der Waals surface area (Å²) in [4.78, 5) is 16.1. The number of aromatic nitrogens is 4. The van der Waals surface area contributed by atoms with Gasteiger partial charge in [-0.25, -0.2) is 4.98 Å². The number of hydrogen-bond donors (Lipinski definition) is 0. The Balaban J connectivity index is 1.18. The van der Waals surface area contributed by atoms with Gasteiger partial charge in [0, 0.05) is 38.1 Å². The molecule has 0 saturated carbocycles. The lowest BCUT2D eigenvalue weighted by molar-refractivity contribution is 0.672. The minimum Gasteiger partial charge on any atom is -0.455 e. The molecule has 9 aromatic carbocycles. The van der Waals surface area contributed by atoms with Crippen molar-refractivity contribution in [2.24, 2.45) is 0 Å². The van der Waals surface area contributed by atoms with E-state index in [1.807, 2.05) is 12.1 Å². The average molecular weight is 715 g/mol. The molecule has 56 heavy (non-hydrogen) atoms. The molecular weight excluding hydrogens is 685 g/mol. The number of nitrogens with zero attached hydrogens (tertiary/aromatic N) is 4. The third-order valence-corrected chi connectivity index (χ3v) is 11.2. The first-order valence-corrected chi connectivity index (χ1v) is 18.9. The Morgan fingerprint density at radius 1 is 0.375 bits per heavy atom.